The third-order valence-electron chi connectivity index (χ3n) is 6.36. The lowest BCUT2D eigenvalue weighted by molar-refractivity contribution is 0.0331. The van der Waals surface area contributed by atoms with Crippen LogP contribution in [0, 0.1) is 11.8 Å². The number of aromatic nitrogens is 2. The Bertz CT molecular complexity index is 825. The second-order valence-corrected chi connectivity index (χ2v) is 9.76. The Labute approximate surface area is 165 Å². The normalized spacial score (nSPS) is 24.7. The van der Waals surface area contributed by atoms with Crippen LogP contribution in [0.2, 0.25) is 0 Å². The molecule has 0 bridgehead atoms. The van der Waals surface area contributed by atoms with Crippen LogP contribution in [0.5, 0.6) is 0 Å². The molecule has 3 heterocycles. The van der Waals surface area contributed by atoms with E-state index in [0.29, 0.717) is 6.04 Å². The third-order valence-corrected chi connectivity index (χ3v) is 7.51. The van der Waals surface area contributed by atoms with Crippen molar-refractivity contribution in [3.63, 3.8) is 0 Å². The lowest BCUT2D eigenvalue weighted by Crippen LogP contribution is -2.36. The topological polar surface area (TPSA) is 50.3 Å². The number of morpholine rings is 1. The molecule has 0 aromatic carbocycles. The van der Waals surface area contributed by atoms with Crippen LogP contribution < -0.4 is 5.32 Å². The maximum Gasteiger partial charge on any atom is 0.146 e. The van der Waals surface area contributed by atoms with Crippen molar-refractivity contribution < 1.29 is 4.74 Å². The van der Waals surface area contributed by atoms with Crippen LogP contribution in [0.4, 0.5) is 5.82 Å². The maximum atomic E-state index is 5.49. The zero-order chi connectivity index (χ0) is 18.4. The molecule has 2 atom stereocenters. The largest absolute Gasteiger partial charge is 0.379 e. The molecule has 2 fully saturated rings. The Balaban J connectivity index is 1.51. The van der Waals surface area contributed by atoms with E-state index in [4.69, 9.17) is 14.7 Å². The molecule has 3 aliphatic rings. The Kier molecular flexibility index (Phi) is 4.82. The monoisotopic (exact) mass is 386 g/mol. The average Bonchev–Trinajstić information content (AvgIpc) is 3.44. The van der Waals surface area contributed by atoms with E-state index in [-0.39, 0.29) is 0 Å². The molecule has 1 saturated heterocycles. The van der Waals surface area contributed by atoms with E-state index < -0.39 is 0 Å². The molecule has 2 aromatic rings. The molecule has 0 spiro atoms. The Hall–Kier alpha value is -1.24. The molecular weight excluding hydrogens is 356 g/mol. The van der Waals surface area contributed by atoms with Crippen LogP contribution in [0.3, 0.4) is 0 Å². The second-order valence-electron chi connectivity index (χ2n) is 8.68. The van der Waals surface area contributed by atoms with Crippen LogP contribution in [0.25, 0.3) is 10.2 Å². The fourth-order valence-electron chi connectivity index (χ4n) is 4.45. The van der Waals surface area contributed by atoms with E-state index >= 15 is 0 Å². The van der Waals surface area contributed by atoms with Gasteiger partial charge in [0, 0.05) is 24.0 Å². The lowest BCUT2D eigenvalue weighted by Gasteiger charge is -2.26. The van der Waals surface area contributed by atoms with Crippen molar-refractivity contribution in [2.45, 2.75) is 58.5 Å². The third kappa shape index (κ3) is 3.71. The van der Waals surface area contributed by atoms with E-state index in [1.807, 2.05) is 11.3 Å². The number of nitrogens with zero attached hydrogens (tertiary/aromatic N) is 3. The summed E-state index contributed by atoms with van der Waals surface area (Å²) < 4.78 is 5.49. The minimum atomic E-state index is 0.498. The number of thiophene rings is 1. The summed E-state index contributed by atoms with van der Waals surface area (Å²) >= 11 is 1.91. The summed E-state index contributed by atoms with van der Waals surface area (Å²) in [7, 11) is 0. The first-order valence-corrected chi connectivity index (χ1v) is 11.4. The van der Waals surface area contributed by atoms with Crippen molar-refractivity contribution in [2.24, 2.45) is 11.8 Å². The van der Waals surface area contributed by atoms with Gasteiger partial charge in [-0.15, -0.1) is 11.3 Å². The van der Waals surface area contributed by atoms with Gasteiger partial charge in [0.25, 0.3) is 0 Å². The van der Waals surface area contributed by atoms with Crippen LogP contribution in [-0.2, 0) is 24.1 Å². The summed E-state index contributed by atoms with van der Waals surface area (Å²) in [5, 5.41) is 5.10. The number of hydrogen-bond donors (Lipinski definition) is 1. The number of anilines is 1. The summed E-state index contributed by atoms with van der Waals surface area (Å²) in [6, 6.07) is 0.498. The molecule has 5 nitrogen and oxygen atoms in total. The molecule has 1 N–H and O–H groups in total. The first-order valence-electron chi connectivity index (χ1n) is 10.5. The molecule has 2 aromatic heterocycles. The van der Waals surface area contributed by atoms with Gasteiger partial charge in [0.05, 0.1) is 25.1 Å². The number of ether oxygens (including phenoxy) is 1. The molecule has 1 aliphatic heterocycles. The summed E-state index contributed by atoms with van der Waals surface area (Å²) in [5.41, 5.74) is 1.52. The fourth-order valence-corrected chi connectivity index (χ4v) is 5.85. The molecule has 0 unspecified atom stereocenters. The van der Waals surface area contributed by atoms with E-state index in [1.165, 1.54) is 47.9 Å². The lowest BCUT2D eigenvalue weighted by atomic mass is 9.89. The molecule has 27 heavy (non-hydrogen) atoms. The first kappa shape index (κ1) is 17.8. The highest BCUT2D eigenvalue weighted by Gasteiger charge is 2.30. The van der Waals surface area contributed by atoms with Crippen molar-refractivity contribution >= 4 is 27.4 Å². The molecule has 0 amide bonds. The number of rotatable bonds is 5. The summed E-state index contributed by atoms with van der Waals surface area (Å²) in [6.45, 7) is 9.09. The van der Waals surface area contributed by atoms with Crippen molar-refractivity contribution in [3.05, 3.63) is 16.3 Å². The number of nitrogens with one attached hydrogen (secondary N) is 1. The average molecular weight is 387 g/mol. The molecule has 6 heteroatoms. The standard InChI is InChI=1S/C21H30N4OS/c1-13-3-6-16-17(11-13)27-21-19(16)20(22-14(2)15-4-5-15)23-18(24-21)12-25-7-9-26-10-8-25/h13-15H,3-12H2,1-2H3,(H,22,23,24)/t13-,14-/m0/s1. The zero-order valence-electron chi connectivity index (χ0n) is 16.5. The van der Waals surface area contributed by atoms with Gasteiger partial charge in [-0.1, -0.05) is 6.92 Å². The highest BCUT2D eigenvalue weighted by molar-refractivity contribution is 7.19. The summed E-state index contributed by atoms with van der Waals surface area (Å²) in [4.78, 5) is 15.2. The molecule has 2 aliphatic carbocycles. The molecule has 146 valence electrons. The van der Waals surface area contributed by atoms with Gasteiger partial charge in [0.15, 0.2) is 0 Å². The predicted molar refractivity (Wildman–Crippen MR) is 111 cm³/mol. The van der Waals surface area contributed by atoms with E-state index in [1.54, 1.807) is 4.88 Å². The van der Waals surface area contributed by atoms with Gasteiger partial charge in [0.1, 0.15) is 16.5 Å². The smallest absolute Gasteiger partial charge is 0.146 e. The minimum Gasteiger partial charge on any atom is -0.379 e. The van der Waals surface area contributed by atoms with Crippen LogP contribution in [-0.4, -0.2) is 47.2 Å². The van der Waals surface area contributed by atoms with Crippen molar-refractivity contribution in [1.29, 1.82) is 0 Å². The Morgan fingerprint density at radius 2 is 2.04 bits per heavy atom. The zero-order valence-corrected chi connectivity index (χ0v) is 17.3. The van der Waals surface area contributed by atoms with E-state index in [0.717, 1.165) is 56.3 Å². The highest BCUT2D eigenvalue weighted by atomic mass is 32.1. The van der Waals surface area contributed by atoms with Gasteiger partial charge in [-0.05, 0) is 56.4 Å². The Morgan fingerprint density at radius 3 is 2.81 bits per heavy atom. The Morgan fingerprint density at radius 1 is 1.22 bits per heavy atom. The van der Waals surface area contributed by atoms with E-state index in [9.17, 15) is 0 Å². The van der Waals surface area contributed by atoms with Gasteiger partial charge in [0.2, 0.25) is 0 Å². The molecule has 1 saturated carbocycles. The number of fused-ring (bicyclic) bond motifs is 3. The highest BCUT2D eigenvalue weighted by Crippen LogP contribution is 2.41. The molecule has 0 radical (unpaired) electrons. The SMILES string of the molecule is C[C@H]1CCc2c(sc3nc(CN4CCOCC4)nc(N[C@@H](C)C4CC4)c23)C1. The molecule has 5 rings (SSSR count). The second kappa shape index (κ2) is 7.30. The van der Waals surface area contributed by atoms with E-state index in [2.05, 4.69) is 24.1 Å². The number of aryl methyl sites for hydroxylation is 1. The van der Waals surface area contributed by atoms with Gasteiger partial charge in [-0.2, -0.15) is 0 Å². The van der Waals surface area contributed by atoms with Crippen molar-refractivity contribution in [2.75, 3.05) is 31.6 Å². The minimum absolute atomic E-state index is 0.498. The van der Waals surface area contributed by atoms with Gasteiger partial charge >= 0.3 is 0 Å². The quantitative estimate of drug-likeness (QED) is 0.846. The summed E-state index contributed by atoms with van der Waals surface area (Å²) in [6.07, 6.45) is 6.36. The molecular formula is C21H30N4OS. The maximum absolute atomic E-state index is 5.49. The van der Waals surface area contributed by atoms with Crippen LogP contribution in [0.15, 0.2) is 0 Å². The summed E-state index contributed by atoms with van der Waals surface area (Å²) in [5.74, 6) is 3.65. The van der Waals surface area contributed by atoms with Crippen LogP contribution in [0.1, 0.15) is 49.4 Å². The predicted octanol–water partition coefficient (Wildman–Crippen LogP) is 3.86. The number of hydrogen-bond acceptors (Lipinski definition) is 6. The first-order chi connectivity index (χ1) is 13.2. The van der Waals surface area contributed by atoms with Gasteiger partial charge in [-0.3, -0.25) is 4.90 Å². The van der Waals surface area contributed by atoms with Gasteiger partial charge in [-0.25, -0.2) is 9.97 Å². The van der Waals surface area contributed by atoms with Crippen molar-refractivity contribution in [3.8, 4) is 0 Å². The fraction of sp³-hybridized carbons (Fsp3) is 0.714. The van der Waals surface area contributed by atoms with Gasteiger partial charge < -0.3 is 10.1 Å². The van der Waals surface area contributed by atoms with Crippen LogP contribution >= 0.6 is 11.3 Å². The van der Waals surface area contributed by atoms with Crippen molar-refractivity contribution in [1.82, 2.24) is 14.9 Å².